The van der Waals surface area contributed by atoms with E-state index in [9.17, 15) is 9.00 Å². The largest absolute Gasteiger partial charge is 0.381 e. The topological polar surface area (TPSA) is 58.6 Å². The summed E-state index contributed by atoms with van der Waals surface area (Å²) in [4.78, 5) is 16.5. The van der Waals surface area contributed by atoms with Crippen molar-refractivity contribution in [1.29, 1.82) is 0 Å². The van der Waals surface area contributed by atoms with Crippen LogP contribution in [0.15, 0.2) is 22.7 Å². The van der Waals surface area contributed by atoms with Crippen LogP contribution in [0.5, 0.6) is 0 Å². The number of fused-ring (bicyclic) bond motifs is 1. The highest BCUT2D eigenvalue weighted by Crippen LogP contribution is 2.61. The van der Waals surface area contributed by atoms with E-state index in [1.54, 1.807) is 7.11 Å². The SMILES string of the molecule is CCN(CC)C(=O)C1(NS(=O)C(C)(C)C)c2cc(Br)ccc2CC12CC(C)C(OC)C(C)C2. The predicted molar refractivity (Wildman–Crippen MR) is 139 cm³/mol. The van der Waals surface area contributed by atoms with Gasteiger partial charge in [-0.3, -0.25) is 4.79 Å². The lowest BCUT2D eigenvalue weighted by Gasteiger charge is -2.54. The Morgan fingerprint density at radius 3 is 2.27 bits per heavy atom. The van der Waals surface area contributed by atoms with Gasteiger partial charge in [0.05, 0.1) is 21.8 Å². The van der Waals surface area contributed by atoms with Gasteiger partial charge in [0.2, 0.25) is 5.91 Å². The van der Waals surface area contributed by atoms with Crippen LogP contribution in [0, 0.1) is 17.3 Å². The zero-order valence-electron chi connectivity index (χ0n) is 21.5. The van der Waals surface area contributed by atoms with E-state index in [0.29, 0.717) is 13.1 Å². The van der Waals surface area contributed by atoms with Crippen LogP contribution >= 0.6 is 15.9 Å². The number of amides is 1. The van der Waals surface area contributed by atoms with Crippen LogP contribution in [0.3, 0.4) is 0 Å². The summed E-state index contributed by atoms with van der Waals surface area (Å²) in [7, 11) is 0.363. The normalized spacial score (nSPS) is 32.6. The summed E-state index contributed by atoms with van der Waals surface area (Å²) in [6, 6.07) is 6.27. The maximum Gasteiger partial charge on any atom is 0.248 e. The van der Waals surface area contributed by atoms with Gasteiger partial charge in [0.1, 0.15) is 5.54 Å². The van der Waals surface area contributed by atoms with E-state index >= 15 is 0 Å². The summed E-state index contributed by atoms with van der Waals surface area (Å²) in [6.07, 6.45) is 2.62. The number of nitrogens with zero attached hydrogens (tertiary/aromatic N) is 1. The summed E-state index contributed by atoms with van der Waals surface area (Å²) in [6.45, 7) is 15.6. The first-order chi connectivity index (χ1) is 15.4. The Hall–Kier alpha value is -0.760. The molecule has 7 heteroatoms. The van der Waals surface area contributed by atoms with Crippen molar-refractivity contribution >= 4 is 32.8 Å². The quantitative estimate of drug-likeness (QED) is 0.540. The van der Waals surface area contributed by atoms with Gasteiger partial charge in [0.25, 0.3) is 0 Å². The number of halogens is 1. The second-order valence-corrected chi connectivity index (χ2v) is 13.9. The van der Waals surface area contributed by atoms with Crippen molar-refractivity contribution < 1.29 is 13.7 Å². The number of carbonyl (C=O) groups is 1. The minimum Gasteiger partial charge on any atom is -0.381 e. The highest BCUT2D eigenvalue weighted by molar-refractivity contribution is 9.10. The van der Waals surface area contributed by atoms with Crippen LogP contribution in [0.25, 0.3) is 0 Å². The van der Waals surface area contributed by atoms with Gasteiger partial charge in [-0.25, -0.2) is 8.93 Å². The number of hydrogen-bond donors (Lipinski definition) is 1. The van der Waals surface area contributed by atoms with E-state index in [2.05, 4.69) is 52.7 Å². The lowest BCUT2D eigenvalue weighted by molar-refractivity contribution is -0.150. The Kier molecular flexibility index (Phi) is 7.90. The summed E-state index contributed by atoms with van der Waals surface area (Å²) in [5.41, 5.74) is 0.705. The molecule has 0 radical (unpaired) electrons. The number of hydrogen-bond acceptors (Lipinski definition) is 3. The molecule has 0 bridgehead atoms. The predicted octanol–water partition coefficient (Wildman–Crippen LogP) is 5.19. The Morgan fingerprint density at radius 2 is 1.79 bits per heavy atom. The number of benzene rings is 1. The van der Waals surface area contributed by atoms with Gasteiger partial charge in [-0.2, -0.15) is 0 Å². The van der Waals surface area contributed by atoms with Crippen LogP contribution in [0.1, 0.15) is 72.4 Å². The molecule has 186 valence electrons. The Balaban J connectivity index is 2.32. The average molecular weight is 542 g/mol. The van der Waals surface area contributed by atoms with Gasteiger partial charge in [-0.05, 0) is 89.0 Å². The van der Waals surface area contributed by atoms with Crippen molar-refractivity contribution in [2.45, 2.75) is 84.1 Å². The van der Waals surface area contributed by atoms with Gasteiger partial charge in [-0.1, -0.05) is 35.8 Å². The molecule has 1 aromatic carbocycles. The first kappa shape index (κ1) is 26.8. The van der Waals surface area contributed by atoms with E-state index in [1.165, 1.54) is 5.56 Å². The minimum absolute atomic E-state index is 0.0391. The number of likely N-dealkylation sites (N-methyl/N-ethyl adjacent to an activating group) is 1. The summed E-state index contributed by atoms with van der Waals surface area (Å²) in [5.74, 6) is 0.604. The third-order valence-electron chi connectivity index (χ3n) is 7.79. The molecule has 2 aliphatic rings. The molecule has 1 saturated carbocycles. The highest BCUT2D eigenvalue weighted by atomic mass is 79.9. The Bertz CT molecular complexity index is 899. The summed E-state index contributed by atoms with van der Waals surface area (Å²) >= 11 is 3.65. The third kappa shape index (κ3) is 4.48. The maximum atomic E-state index is 14.6. The molecule has 0 saturated heterocycles. The third-order valence-corrected chi connectivity index (χ3v) is 9.89. The van der Waals surface area contributed by atoms with E-state index in [1.807, 2.05) is 39.5 Å². The van der Waals surface area contributed by atoms with E-state index in [0.717, 1.165) is 29.3 Å². The standard InChI is InChI=1S/C26H41BrN2O3S/c1-9-29(10-2)23(30)26(28-33(31)24(5,6)7)21-13-20(27)12-11-19(21)16-25(26)14-17(3)22(32-8)18(4)15-25/h11-13,17-18,22,28H,9-10,14-16H2,1-8H3. The van der Waals surface area contributed by atoms with Gasteiger partial charge in [0, 0.05) is 30.1 Å². The van der Waals surface area contributed by atoms with Crippen LogP contribution in [0.4, 0.5) is 0 Å². The van der Waals surface area contributed by atoms with Gasteiger partial charge in [0.15, 0.2) is 0 Å². The molecule has 0 aliphatic heterocycles. The highest BCUT2D eigenvalue weighted by Gasteiger charge is 2.66. The van der Waals surface area contributed by atoms with Crippen molar-refractivity contribution in [1.82, 2.24) is 9.62 Å². The van der Waals surface area contributed by atoms with Gasteiger partial charge >= 0.3 is 0 Å². The van der Waals surface area contributed by atoms with Crippen LogP contribution in [0.2, 0.25) is 0 Å². The van der Waals surface area contributed by atoms with Crippen LogP contribution in [-0.2, 0) is 32.5 Å². The van der Waals surface area contributed by atoms with Gasteiger partial charge in [-0.15, -0.1) is 0 Å². The molecule has 1 N–H and O–H groups in total. The van der Waals surface area contributed by atoms with Crippen molar-refractivity contribution in [2.75, 3.05) is 20.2 Å². The van der Waals surface area contributed by atoms with E-state index < -0.39 is 21.3 Å². The molecule has 1 aromatic rings. The number of rotatable bonds is 6. The van der Waals surface area contributed by atoms with Crippen LogP contribution < -0.4 is 4.72 Å². The van der Waals surface area contributed by atoms with Crippen molar-refractivity contribution in [2.24, 2.45) is 17.3 Å². The molecule has 0 heterocycles. The van der Waals surface area contributed by atoms with Crippen LogP contribution in [-0.4, -0.2) is 46.1 Å². The monoisotopic (exact) mass is 540 g/mol. The Labute approximate surface area is 211 Å². The first-order valence-electron chi connectivity index (χ1n) is 12.2. The van der Waals surface area contributed by atoms with E-state index in [4.69, 9.17) is 4.74 Å². The van der Waals surface area contributed by atoms with Gasteiger partial charge < -0.3 is 9.64 Å². The number of carbonyl (C=O) groups excluding carboxylic acids is 1. The van der Waals surface area contributed by atoms with Crippen molar-refractivity contribution in [3.63, 3.8) is 0 Å². The zero-order valence-corrected chi connectivity index (χ0v) is 23.9. The van der Waals surface area contributed by atoms with E-state index in [-0.39, 0.29) is 29.3 Å². The fourth-order valence-corrected chi connectivity index (χ4v) is 7.81. The second kappa shape index (κ2) is 9.71. The molecule has 4 unspecified atom stereocenters. The average Bonchev–Trinajstić information content (AvgIpc) is 2.96. The lowest BCUT2D eigenvalue weighted by atomic mass is 9.56. The molecular formula is C26H41BrN2O3S. The first-order valence-corrected chi connectivity index (χ1v) is 14.1. The molecule has 0 aromatic heterocycles. The zero-order chi connectivity index (χ0) is 24.8. The Morgan fingerprint density at radius 1 is 1.21 bits per heavy atom. The number of ether oxygens (including phenoxy) is 1. The van der Waals surface area contributed by atoms with Crippen molar-refractivity contribution in [3.8, 4) is 0 Å². The number of methoxy groups -OCH3 is 1. The van der Waals surface area contributed by atoms with Crippen molar-refractivity contribution in [3.05, 3.63) is 33.8 Å². The molecule has 1 amide bonds. The second-order valence-electron chi connectivity index (χ2n) is 11.0. The minimum atomic E-state index is -1.43. The number of nitrogens with one attached hydrogen (secondary N) is 1. The summed E-state index contributed by atoms with van der Waals surface area (Å²) < 4.78 is 23.6. The molecule has 1 spiro atoms. The summed E-state index contributed by atoms with van der Waals surface area (Å²) in [5, 5.41) is 0. The molecule has 3 rings (SSSR count). The molecular weight excluding hydrogens is 500 g/mol. The fraction of sp³-hybridized carbons (Fsp3) is 0.731. The molecule has 33 heavy (non-hydrogen) atoms. The smallest absolute Gasteiger partial charge is 0.248 e. The molecule has 4 atom stereocenters. The maximum absolute atomic E-state index is 14.6. The lowest BCUT2D eigenvalue weighted by Crippen LogP contribution is -2.66. The molecule has 5 nitrogen and oxygen atoms in total. The molecule has 2 aliphatic carbocycles. The fourth-order valence-electron chi connectivity index (χ4n) is 6.45. The molecule has 1 fully saturated rings.